The fraction of sp³-hybridized carbons (Fsp3) is 0.219. The molecule has 0 radical (unpaired) electrons. The van der Waals surface area contributed by atoms with Crippen molar-refractivity contribution in [2.45, 2.75) is 37.8 Å². The smallest absolute Gasteiger partial charge is 0.286 e. The van der Waals surface area contributed by atoms with Crippen molar-refractivity contribution in [2.24, 2.45) is 0 Å². The summed E-state index contributed by atoms with van der Waals surface area (Å²) in [5.41, 5.74) is 2.93. The van der Waals surface area contributed by atoms with Crippen LogP contribution >= 0.6 is 11.8 Å². The number of fused-ring (bicyclic) bond motifs is 1. The number of nitrogens with zero attached hydrogens (tertiary/aromatic N) is 3. The first-order valence-electron chi connectivity index (χ1n) is 13.5. The molecule has 0 fully saturated rings. The Hall–Kier alpha value is -4.41. The van der Waals surface area contributed by atoms with Crippen molar-refractivity contribution in [1.82, 2.24) is 14.5 Å². The van der Waals surface area contributed by atoms with Gasteiger partial charge in [0, 0.05) is 23.2 Å². The van der Waals surface area contributed by atoms with Gasteiger partial charge in [0.25, 0.3) is 5.56 Å². The Morgan fingerprint density at radius 1 is 1.02 bits per heavy atom. The lowest BCUT2D eigenvalue weighted by Crippen LogP contribution is -2.23. The molecule has 1 atom stereocenters. The Morgan fingerprint density at radius 2 is 1.88 bits per heavy atom. The summed E-state index contributed by atoms with van der Waals surface area (Å²) in [7, 11) is 0. The number of rotatable bonds is 11. The van der Waals surface area contributed by atoms with Crippen molar-refractivity contribution in [3.63, 3.8) is 0 Å². The first-order chi connectivity index (χ1) is 20.5. The van der Waals surface area contributed by atoms with Gasteiger partial charge in [0.1, 0.15) is 12.4 Å². The maximum atomic E-state index is 14.8. The summed E-state index contributed by atoms with van der Waals surface area (Å²) in [5.74, 6) is 1.86. The molecule has 4 heterocycles. The zero-order valence-corrected chi connectivity index (χ0v) is 23.7. The molecule has 0 spiro atoms. The Kier molecular flexibility index (Phi) is 8.34. The Labute approximate surface area is 246 Å². The van der Waals surface area contributed by atoms with Crippen LogP contribution in [-0.2, 0) is 17.9 Å². The van der Waals surface area contributed by atoms with E-state index in [1.165, 1.54) is 22.4 Å². The van der Waals surface area contributed by atoms with Crippen LogP contribution in [0.1, 0.15) is 35.1 Å². The van der Waals surface area contributed by atoms with Gasteiger partial charge in [-0.2, -0.15) is 0 Å². The van der Waals surface area contributed by atoms with E-state index in [2.05, 4.69) is 4.98 Å². The molecule has 0 bridgehead atoms. The Morgan fingerprint density at radius 3 is 2.71 bits per heavy atom. The van der Waals surface area contributed by atoms with Crippen LogP contribution in [0.2, 0.25) is 0 Å². The van der Waals surface area contributed by atoms with Gasteiger partial charge < -0.3 is 23.2 Å². The van der Waals surface area contributed by atoms with E-state index < -0.39 is 11.4 Å². The lowest BCUT2D eigenvalue weighted by molar-refractivity contribution is 0.0282. The summed E-state index contributed by atoms with van der Waals surface area (Å²) >= 11 is 1.50. The second-order valence-corrected chi connectivity index (χ2v) is 10.9. The number of pyridine rings is 1. The Balaban J connectivity index is 1.18. The van der Waals surface area contributed by atoms with Crippen molar-refractivity contribution >= 4 is 11.8 Å². The highest BCUT2D eigenvalue weighted by molar-refractivity contribution is 7.99. The van der Waals surface area contributed by atoms with Crippen LogP contribution in [0.3, 0.4) is 0 Å². The molecule has 1 aliphatic rings. The average molecular weight is 586 g/mol. The average Bonchev–Trinajstić information content (AvgIpc) is 3.69. The van der Waals surface area contributed by atoms with Crippen LogP contribution in [0.15, 0.2) is 99.6 Å². The monoisotopic (exact) mass is 585 g/mol. The number of thioether (sulfide) groups is 1. The maximum absolute atomic E-state index is 14.8. The summed E-state index contributed by atoms with van der Waals surface area (Å²) in [6.45, 7) is 2.56. The lowest BCUT2D eigenvalue weighted by atomic mass is 10.1. The first kappa shape index (κ1) is 27.7. The molecule has 42 heavy (non-hydrogen) atoms. The van der Waals surface area contributed by atoms with E-state index in [4.69, 9.17) is 23.6 Å². The molecule has 1 unspecified atom stereocenters. The normalized spacial score (nSPS) is 12.9. The van der Waals surface area contributed by atoms with Crippen LogP contribution in [0.4, 0.5) is 4.39 Å². The molecule has 0 N–H and O–H groups in total. The summed E-state index contributed by atoms with van der Waals surface area (Å²) in [5, 5.41) is 0.566. The van der Waals surface area contributed by atoms with E-state index >= 15 is 0 Å². The molecule has 0 saturated carbocycles. The molecule has 6 rings (SSSR count). The van der Waals surface area contributed by atoms with E-state index in [0.717, 1.165) is 29.0 Å². The summed E-state index contributed by atoms with van der Waals surface area (Å²) in [6, 6.07) is 22.2. The Bertz CT molecular complexity index is 1730. The fourth-order valence-electron chi connectivity index (χ4n) is 4.70. The first-order valence-corrected chi connectivity index (χ1v) is 14.5. The minimum atomic E-state index is -0.849. The molecule has 214 valence electrons. The van der Waals surface area contributed by atoms with Crippen LogP contribution in [-0.4, -0.2) is 27.1 Å². The van der Waals surface area contributed by atoms with Crippen molar-refractivity contribution in [2.75, 3.05) is 12.5 Å². The SMILES string of the molecule is Cc1cc(-c2cc(F)c(=O)n(Cc3ccc4c(c3)OCO4)c2)nc(SCCC(OCc2ccco2)c2ccccc2)n1. The van der Waals surface area contributed by atoms with Crippen LogP contribution in [0.5, 0.6) is 11.5 Å². The second-order valence-electron chi connectivity index (χ2n) is 9.80. The number of hydrogen-bond donors (Lipinski definition) is 0. The molecule has 5 aromatic rings. The van der Waals surface area contributed by atoms with Gasteiger partial charge in [0.15, 0.2) is 22.5 Å². The lowest BCUT2D eigenvalue weighted by Gasteiger charge is -2.17. The standard InChI is InChI=1S/C32H28FN3O5S/c1-21-14-27(24-16-26(33)31(37)36(18-24)17-22-9-10-29-30(15-22)41-20-40-29)35-32(34-21)42-13-11-28(23-6-3-2-4-7-23)39-19-25-8-5-12-38-25/h2-10,12,14-16,18,28H,11,13,17,19-20H2,1H3. The van der Waals surface area contributed by atoms with Gasteiger partial charge in [0.05, 0.1) is 24.6 Å². The van der Waals surface area contributed by atoms with E-state index in [0.29, 0.717) is 40.3 Å². The number of aryl methyl sites for hydroxylation is 1. The van der Waals surface area contributed by atoms with Crippen molar-refractivity contribution in [3.8, 4) is 22.8 Å². The van der Waals surface area contributed by atoms with Gasteiger partial charge in [0.2, 0.25) is 6.79 Å². The highest BCUT2D eigenvalue weighted by atomic mass is 32.2. The van der Waals surface area contributed by atoms with Crippen molar-refractivity contribution < 1.29 is 23.0 Å². The number of furan rings is 1. The highest BCUT2D eigenvalue weighted by Gasteiger charge is 2.17. The van der Waals surface area contributed by atoms with Crippen molar-refractivity contribution in [1.29, 1.82) is 0 Å². The van der Waals surface area contributed by atoms with Crippen LogP contribution in [0, 0.1) is 12.7 Å². The number of hydrogen-bond acceptors (Lipinski definition) is 8. The van der Waals surface area contributed by atoms with Gasteiger partial charge in [-0.05, 0) is 60.9 Å². The topological polar surface area (TPSA) is 88.6 Å². The predicted octanol–water partition coefficient (Wildman–Crippen LogP) is 6.56. The summed E-state index contributed by atoms with van der Waals surface area (Å²) in [4.78, 5) is 21.9. The van der Waals surface area contributed by atoms with Gasteiger partial charge in [-0.1, -0.05) is 48.2 Å². The molecule has 1 aliphatic heterocycles. The predicted molar refractivity (Wildman–Crippen MR) is 156 cm³/mol. The van der Waals surface area contributed by atoms with Gasteiger partial charge >= 0.3 is 0 Å². The maximum Gasteiger partial charge on any atom is 0.286 e. The molecule has 3 aromatic heterocycles. The second kappa shape index (κ2) is 12.6. The number of aromatic nitrogens is 3. The van der Waals surface area contributed by atoms with Gasteiger partial charge in [-0.15, -0.1) is 0 Å². The van der Waals surface area contributed by atoms with E-state index in [1.807, 2.05) is 55.5 Å². The molecule has 10 heteroatoms. The quantitative estimate of drug-likeness (QED) is 0.127. The van der Waals surface area contributed by atoms with Crippen LogP contribution < -0.4 is 15.0 Å². The number of halogens is 1. The zero-order valence-electron chi connectivity index (χ0n) is 22.9. The third-order valence-corrected chi connectivity index (χ3v) is 7.63. The van der Waals surface area contributed by atoms with Gasteiger partial charge in [-0.25, -0.2) is 14.4 Å². The number of benzene rings is 2. The fourth-order valence-corrected chi connectivity index (χ4v) is 5.58. The zero-order chi connectivity index (χ0) is 28.9. The van der Waals surface area contributed by atoms with E-state index in [9.17, 15) is 9.18 Å². The van der Waals surface area contributed by atoms with Gasteiger partial charge in [-0.3, -0.25) is 4.79 Å². The molecule has 2 aromatic carbocycles. The molecule has 0 saturated heterocycles. The molecule has 0 aliphatic carbocycles. The molecular weight excluding hydrogens is 557 g/mol. The largest absolute Gasteiger partial charge is 0.467 e. The van der Waals surface area contributed by atoms with E-state index in [-0.39, 0.29) is 19.4 Å². The van der Waals surface area contributed by atoms with E-state index in [1.54, 1.807) is 30.7 Å². The summed E-state index contributed by atoms with van der Waals surface area (Å²) < 4.78 is 38.6. The third kappa shape index (κ3) is 6.56. The minimum absolute atomic E-state index is 0.137. The minimum Gasteiger partial charge on any atom is -0.467 e. The van der Waals surface area contributed by atoms with Crippen LogP contribution in [0.25, 0.3) is 11.3 Å². The molecular formula is C32H28FN3O5S. The number of ether oxygens (including phenoxy) is 3. The van der Waals surface area contributed by atoms with Crippen molar-refractivity contribution in [3.05, 3.63) is 124 Å². The summed E-state index contributed by atoms with van der Waals surface area (Å²) in [6.07, 6.45) is 3.84. The molecule has 0 amide bonds. The highest BCUT2D eigenvalue weighted by Crippen LogP contribution is 2.33. The molecule has 8 nitrogen and oxygen atoms in total. The third-order valence-electron chi connectivity index (χ3n) is 6.75.